The number of nitrogens with one attached hydrogen (secondary N) is 1. The molecule has 1 unspecified atom stereocenters. The van der Waals surface area contributed by atoms with E-state index < -0.39 is 10.8 Å². The van der Waals surface area contributed by atoms with Crippen LogP contribution in [0.4, 0.5) is 0 Å². The van der Waals surface area contributed by atoms with Crippen molar-refractivity contribution in [2.45, 2.75) is 11.8 Å². The van der Waals surface area contributed by atoms with Crippen LogP contribution in [-0.2, 0) is 10.8 Å². The summed E-state index contributed by atoms with van der Waals surface area (Å²) in [7, 11) is -0.974. The van der Waals surface area contributed by atoms with Gasteiger partial charge in [0.2, 0.25) is 0 Å². The zero-order valence-corrected chi connectivity index (χ0v) is 9.12. The fourth-order valence-electron chi connectivity index (χ4n) is 1.35. The normalized spacial score (nSPS) is 12.6. The Morgan fingerprint density at radius 2 is 2.20 bits per heavy atom. The van der Waals surface area contributed by atoms with Crippen LogP contribution in [0.5, 0.6) is 0 Å². The molecule has 0 radical (unpaired) electrons. The van der Waals surface area contributed by atoms with Crippen molar-refractivity contribution in [3.05, 3.63) is 30.6 Å². The van der Waals surface area contributed by atoms with Crippen LogP contribution in [0.25, 0.3) is 11.4 Å². The van der Waals surface area contributed by atoms with Crippen LogP contribution in [-0.4, -0.2) is 25.1 Å². The minimum atomic E-state index is -0.974. The van der Waals surface area contributed by atoms with Gasteiger partial charge in [-0.1, -0.05) is 19.1 Å². The Bertz CT molecular complexity index is 467. The first kappa shape index (κ1) is 10.0. The maximum absolute atomic E-state index is 11.8. The van der Waals surface area contributed by atoms with Crippen LogP contribution < -0.4 is 0 Å². The number of aromatic nitrogens is 3. The SMILES string of the molecule is CCS(=O)c1ccccc1-c1ncn[nH]1. The highest BCUT2D eigenvalue weighted by Gasteiger charge is 2.10. The third kappa shape index (κ3) is 1.97. The van der Waals surface area contributed by atoms with E-state index in [1.165, 1.54) is 6.33 Å². The summed E-state index contributed by atoms with van der Waals surface area (Å²) < 4.78 is 11.8. The predicted octanol–water partition coefficient (Wildman–Crippen LogP) is 1.60. The Morgan fingerprint density at radius 3 is 2.87 bits per heavy atom. The van der Waals surface area contributed by atoms with Crippen molar-refractivity contribution >= 4 is 10.8 Å². The zero-order valence-electron chi connectivity index (χ0n) is 8.30. The second-order valence-electron chi connectivity index (χ2n) is 2.96. The minimum Gasteiger partial charge on any atom is -0.259 e. The first-order valence-corrected chi connectivity index (χ1v) is 5.98. The standard InChI is InChI=1S/C10H11N3OS/c1-2-15(14)9-6-4-3-5-8(9)10-11-7-12-13-10/h3-7H,2H2,1H3,(H,11,12,13). The van der Waals surface area contributed by atoms with Crippen molar-refractivity contribution in [2.75, 3.05) is 5.75 Å². The van der Waals surface area contributed by atoms with Gasteiger partial charge in [-0.2, -0.15) is 5.10 Å². The molecule has 2 rings (SSSR count). The molecule has 0 spiro atoms. The molecular formula is C10H11N3OS. The molecule has 2 aromatic rings. The first-order valence-electron chi connectivity index (χ1n) is 4.66. The van der Waals surface area contributed by atoms with Crippen LogP contribution >= 0.6 is 0 Å². The van der Waals surface area contributed by atoms with Gasteiger partial charge in [0.05, 0.1) is 10.8 Å². The molecule has 0 saturated carbocycles. The second kappa shape index (κ2) is 4.35. The molecule has 1 atom stereocenters. The minimum absolute atomic E-state index is 0.602. The molecule has 5 heteroatoms. The van der Waals surface area contributed by atoms with Gasteiger partial charge in [0, 0.05) is 16.2 Å². The van der Waals surface area contributed by atoms with Crippen LogP contribution in [0.15, 0.2) is 35.5 Å². The molecule has 0 saturated heterocycles. The van der Waals surface area contributed by atoms with E-state index in [1.54, 1.807) is 0 Å². The summed E-state index contributed by atoms with van der Waals surface area (Å²) in [5.41, 5.74) is 0.857. The van der Waals surface area contributed by atoms with Crippen LogP contribution in [0, 0.1) is 0 Å². The van der Waals surface area contributed by atoms with Gasteiger partial charge < -0.3 is 0 Å². The maximum Gasteiger partial charge on any atom is 0.156 e. The zero-order chi connectivity index (χ0) is 10.7. The number of nitrogens with zero attached hydrogens (tertiary/aromatic N) is 2. The van der Waals surface area contributed by atoms with Crippen molar-refractivity contribution in [2.24, 2.45) is 0 Å². The lowest BCUT2D eigenvalue weighted by molar-refractivity contribution is 0.684. The lowest BCUT2D eigenvalue weighted by Gasteiger charge is -2.04. The Kier molecular flexibility index (Phi) is 2.91. The summed E-state index contributed by atoms with van der Waals surface area (Å²) in [6.45, 7) is 1.90. The number of rotatable bonds is 3. The van der Waals surface area contributed by atoms with Crippen molar-refractivity contribution in [1.82, 2.24) is 15.2 Å². The van der Waals surface area contributed by atoms with E-state index in [0.717, 1.165) is 10.5 Å². The lowest BCUT2D eigenvalue weighted by Crippen LogP contribution is -1.97. The number of hydrogen-bond donors (Lipinski definition) is 1. The smallest absolute Gasteiger partial charge is 0.156 e. The van der Waals surface area contributed by atoms with Crippen LogP contribution in [0.1, 0.15) is 6.92 Å². The topological polar surface area (TPSA) is 58.6 Å². The van der Waals surface area contributed by atoms with Gasteiger partial charge in [-0.15, -0.1) is 0 Å². The van der Waals surface area contributed by atoms with Gasteiger partial charge in [-0.05, 0) is 12.1 Å². The van der Waals surface area contributed by atoms with E-state index in [4.69, 9.17) is 0 Å². The summed E-state index contributed by atoms with van der Waals surface area (Å²) in [5, 5.41) is 6.57. The Hall–Kier alpha value is -1.49. The largest absolute Gasteiger partial charge is 0.259 e. The van der Waals surface area contributed by atoms with E-state index in [9.17, 15) is 4.21 Å². The van der Waals surface area contributed by atoms with E-state index in [1.807, 2.05) is 31.2 Å². The van der Waals surface area contributed by atoms with Crippen molar-refractivity contribution in [1.29, 1.82) is 0 Å². The summed E-state index contributed by atoms with van der Waals surface area (Å²) in [6, 6.07) is 7.53. The quantitative estimate of drug-likeness (QED) is 0.856. The predicted molar refractivity (Wildman–Crippen MR) is 58.8 cm³/mol. The maximum atomic E-state index is 11.8. The van der Waals surface area contributed by atoms with Crippen LogP contribution in [0.3, 0.4) is 0 Å². The van der Waals surface area contributed by atoms with Gasteiger partial charge in [0.1, 0.15) is 6.33 Å². The number of H-pyrrole nitrogens is 1. The van der Waals surface area contributed by atoms with E-state index in [0.29, 0.717) is 11.6 Å². The fourth-order valence-corrected chi connectivity index (χ4v) is 2.30. The van der Waals surface area contributed by atoms with Gasteiger partial charge >= 0.3 is 0 Å². The summed E-state index contributed by atoms with van der Waals surface area (Å²) in [4.78, 5) is 4.87. The number of aromatic amines is 1. The average Bonchev–Trinajstić information content (AvgIpc) is 2.81. The third-order valence-electron chi connectivity index (χ3n) is 2.06. The highest BCUT2D eigenvalue weighted by Crippen LogP contribution is 2.22. The van der Waals surface area contributed by atoms with Gasteiger partial charge in [0.25, 0.3) is 0 Å². The summed E-state index contributed by atoms with van der Waals surface area (Å²) in [5.74, 6) is 1.26. The monoisotopic (exact) mass is 221 g/mol. The second-order valence-corrected chi connectivity index (χ2v) is 4.67. The molecular weight excluding hydrogens is 210 g/mol. The highest BCUT2D eigenvalue weighted by atomic mass is 32.2. The van der Waals surface area contributed by atoms with E-state index >= 15 is 0 Å². The summed E-state index contributed by atoms with van der Waals surface area (Å²) >= 11 is 0. The molecule has 1 aromatic heterocycles. The molecule has 78 valence electrons. The number of hydrogen-bond acceptors (Lipinski definition) is 3. The molecule has 0 fully saturated rings. The molecule has 4 nitrogen and oxygen atoms in total. The molecule has 1 heterocycles. The fraction of sp³-hybridized carbons (Fsp3) is 0.200. The Morgan fingerprint density at radius 1 is 1.40 bits per heavy atom. The number of benzene rings is 1. The molecule has 0 aliphatic heterocycles. The van der Waals surface area contributed by atoms with Gasteiger partial charge in [-0.3, -0.25) is 9.31 Å². The molecule has 0 amide bonds. The van der Waals surface area contributed by atoms with Crippen molar-refractivity contribution < 1.29 is 4.21 Å². The molecule has 0 bridgehead atoms. The van der Waals surface area contributed by atoms with Gasteiger partial charge in [0.15, 0.2) is 5.82 Å². The third-order valence-corrected chi connectivity index (χ3v) is 3.44. The summed E-state index contributed by atoms with van der Waals surface area (Å²) in [6.07, 6.45) is 1.45. The Balaban J connectivity index is 2.52. The first-order chi connectivity index (χ1) is 7.33. The van der Waals surface area contributed by atoms with Crippen LogP contribution in [0.2, 0.25) is 0 Å². The molecule has 0 aliphatic carbocycles. The van der Waals surface area contributed by atoms with Crippen molar-refractivity contribution in [3.8, 4) is 11.4 Å². The molecule has 1 aromatic carbocycles. The van der Waals surface area contributed by atoms with E-state index in [-0.39, 0.29) is 0 Å². The molecule has 0 aliphatic rings. The Labute approximate surface area is 90.2 Å². The van der Waals surface area contributed by atoms with Gasteiger partial charge in [-0.25, -0.2) is 4.98 Å². The lowest BCUT2D eigenvalue weighted by atomic mass is 10.2. The van der Waals surface area contributed by atoms with Crippen molar-refractivity contribution in [3.63, 3.8) is 0 Å². The molecule has 15 heavy (non-hydrogen) atoms. The van der Waals surface area contributed by atoms with E-state index in [2.05, 4.69) is 15.2 Å². The average molecular weight is 221 g/mol. The highest BCUT2D eigenvalue weighted by molar-refractivity contribution is 7.85. The molecule has 1 N–H and O–H groups in total.